The van der Waals surface area contributed by atoms with Gasteiger partial charge in [0.05, 0.1) is 6.61 Å². The Bertz CT molecular complexity index is 184. The van der Waals surface area contributed by atoms with E-state index >= 15 is 0 Å². The summed E-state index contributed by atoms with van der Waals surface area (Å²) < 4.78 is 5.27. The first-order valence-electron chi connectivity index (χ1n) is 6.14. The lowest BCUT2D eigenvalue weighted by atomic mass is 10.2. The fraction of sp³-hybridized carbons (Fsp3) is 0.917. The molecule has 0 saturated heterocycles. The van der Waals surface area contributed by atoms with E-state index in [-0.39, 0.29) is 5.91 Å². The van der Waals surface area contributed by atoms with Crippen LogP contribution in [0, 0.1) is 5.92 Å². The Balaban J connectivity index is 3.39. The first-order valence-corrected chi connectivity index (χ1v) is 6.14. The minimum atomic E-state index is 0.116. The molecule has 0 saturated carbocycles. The van der Waals surface area contributed by atoms with Gasteiger partial charge < -0.3 is 15.4 Å². The lowest BCUT2D eigenvalue weighted by molar-refractivity contribution is -0.121. The summed E-state index contributed by atoms with van der Waals surface area (Å²) in [6.07, 6.45) is 0.531. The normalized spacial score (nSPS) is 12.8. The van der Waals surface area contributed by atoms with Gasteiger partial charge in [0.2, 0.25) is 5.91 Å². The smallest absolute Gasteiger partial charge is 0.221 e. The van der Waals surface area contributed by atoms with Crippen LogP contribution in [0.15, 0.2) is 0 Å². The summed E-state index contributed by atoms with van der Waals surface area (Å²) in [5, 5.41) is 6.14. The fourth-order valence-electron chi connectivity index (χ4n) is 1.19. The second kappa shape index (κ2) is 9.60. The number of ether oxygens (including phenoxy) is 1. The molecule has 1 unspecified atom stereocenters. The topological polar surface area (TPSA) is 50.4 Å². The van der Waals surface area contributed by atoms with Gasteiger partial charge in [-0.05, 0) is 19.8 Å². The van der Waals surface area contributed by atoms with Crippen molar-refractivity contribution in [2.45, 2.75) is 40.2 Å². The summed E-state index contributed by atoms with van der Waals surface area (Å²) >= 11 is 0. The van der Waals surface area contributed by atoms with Crippen molar-refractivity contribution >= 4 is 5.91 Å². The molecule has 0 rings (SSSR count). The third-order valence-electron chi connectivity index (χ3n) is 2.12. The van der Waals surface area contributed by atoms with Crippen LogP contribution in [-0.2, 0) is 9.53 Å². The van der Waals surface area contributed by atoms with E-state index in [2.05, 4.69) is 31.4 Å². The van der Waals surface area contributed by atoms with Crippen molar-refractivity contribution in [2.24, 2.45) is 5.92 Å². The predicted molar refractivity (Wildman–Crippen MR) is 66.4 cm³/mol. The maximum Gasteiger partial charge on any atom is 0.221 e. The number of amides is 1. The summed E-state index contributed by atoms with van der Waals surface area (Å²) in [5.41, 5.74) is 0. The van der Waals surface area contributed by atoms with Gasteiger partial charge in [-0.3, -0.25) is 4.79 Å². The highest BCUT2D eigenvalue weighted by Crippen LogP contribution is 1.89. The molecule has 4 nitrogen and oxygen atoms in total. The second-order valence-electron chi connectivity index (χ2n) is 4.46. The zero-order chi connectivity index (χ0) is 12.4. The molecular formula is C12H26N2O2. The van der Waals surface area contributed by atoms with Crippen molar-refractivity contribution in [3.63, 3.8) is 0 Å². The van der Waals surface area contributed by atoms with Crippen molar-refractivity contribution < 1.29 is 9.53 Å². The highest BCUT2D eigenvalue weighted by Gasteiger charge is 2.04. The van der Waals surface area contributed by atoms with E-state index in [9.17, 15) is 4.79 Å². The second-order valence-corrected chi connectivity index (χ2v) is 4.46. The number of hydrogen-bond acceptors (Lipinski definition) is 3. The van der Waals surface area contributed by atoms with Crippen LogP contribution in [-0.4, -0.2) is 38.3 Å². The number of rotatable bonds is 9. The van der Waals surface area contributed by atoms with Gasteiger partial charge in [-0.1, -0.05) is 13.8 Å². The summed E-state index contributed by atoms with van der Waals surface area (Å²) in [5.74, 6) is 0.624. The maximum atomic E-state index is 11.4. The van der Waals surface area contributed by atoms with Gasteiger partial charge in [-0.25, -0.2) is 0 Å². The third kappa shape index (κ3) is 9.93. The minimum absolute atomic E-state index is 0.116. The molecule has 0 aliphatic rings. The standard InChI is InChI=1S/C12H26N2O2/c1-5-16-9-11(4)13-7-6-12(15)14-8-10(2)3/h10-11,13H,5-9H2,1-4H3,(H,14,15). The number of nitrogens with one attached hydrogen (secondary N) is 2. The molecule has 4 heteroatoms. The third-order valence-corrected chi connectivity index (χ3v) is 2.12. The Kier molecular flexibility index (Phi) is 9.24. The fourth-order valence-corrected chi connectivity index (χ4v) is 1.19. The van der Waals surface area contributed by atoms with E-state index in [1.807, 2.05) is 6.92 Å². The Morgan fingerprint density at radius 2 is 2.00 bits per heavy atom. The van der Waals surface area contributed by atoms with E-state index < -0.39 is 0 Å². The Labute approximate surface area is 99.1 Å². The molecule has 0 aliphatic heterocycles. The van der Waals surface area contributed by atoms with Crippen molar-refractivity contribution in [1.29, 1.82) is 0 Å². The van der Waals surface area contributed by atoms with Crippen molar-refractivity contribution in [3.05, 3.63) is 0 Å². The monoisotopic (exact) mass is 230 g/mol. The molecular weight excluding hydrogens is 204 g/mol. The highest BCUT2D eigenvalue weighted by molar-refractivity contribution is 5.76. The lowest BCUT2D eigenvalue weighted by Crippen LogP contribution is -2.35. The number of carbonyl (C=O) groups is 1. The Morgan fingerprint density at radius 3 is 2.56 bits per heavy atom. The van der Waals surface area contributed by atoms with Gasteiger partial charge in [0.25, 0.3) is 0 Å². The highest BCUT2D eigenvalue weighted by atomic mass is 16.5. The Hall–Kier alpha value is -0.610. The molecule has 0 heterocycles. The summed E-state index contributed by atoms with van der Waals surface area (Å²) in [7, 11) is 0. The molecule has 1 amide bonds. The SMILES string of the molecule is CCOCC(C)NCCC(=O)NCC(C)C. The maximum absolute atomic E-state index is 11.4. The van der Waals surface area contributed by atoms with Crippen LogP contribution in [0.2, 0.25) is 0 Å². The van der Waals surface area contributed by atoms with Gasteiger partial charge in [0.1, 0.15) is 0 Å². The van der Waals surface area contributed by atoms with Crippen molar-refractivity contribution in [2.75, 3.05) is 26.3 Å². The van der Waals surface area contributed by atoms with Crippen LogP contribution in [0.1, 0.15) is 34.1 Å². The first kappa shape index (κ1) is 15.4. The average molecular weight is 230 g/mol. The first-order chi connectivity index (χ1) is 7.56. The van der Waals surface area contributed by atoms with Crippen molar-refractivity contribution in [3.8, 4) is 0 Å². The predicted octanol–water partition coefficient (Wildman–Crippen LogP) is 1.16. The van der Waals surface area contributed by atoms with E-state index in [4.69, 9.17) is 4.74 Å². The molecule has 0 spiro atoms. The van der Waals surface area contributed by atoms with Crippen LogP contribution in [0.5, 0.6) is 0 Å². The summed E-state index contributed by atoms with van der Waals surface area (Å²) in [4.78, 5) is 11.4. The summed E-state index contributed by atoms with van der Waals surface area (Å²) in [6, 6.07) is 0.304. The van der Waals surface area contributed by atoms with E-state index in [1.165, 1.54) is 0 Å². The quantitative estimate of drug-likeness (QED) is 0.625. The molecule has 0 fully saturated rings. The zero-order valence-corrected chi connectivity index (χ0v) is 11.0. The minimum Gasteiger partial charge on any atom is -0.380 e. The van der Waals surface area contributed by atoms with E-state index in [1.54, 1.807) is 0 Å². The molecule has 0 radical (unpaired) electrons. The van der Waals surface area contributed by atoms with Crippen LogP contribution in [0.25, 0.3) is 0 Å². The van der Waals surface area contributed by atoms with Crippen LogP contribution in [0.4, 0.5) is 0 Å². The van der Waals surface area contributed by atoms with Gasteiger partial charge in [0, 0.05) is 32.2 Å². The van der Waals surface area contributed by atoms with Crippen LogP contribution < -0.4 is 10.6 Å². The number of hydrogen-bond donors (Lipinski definition) is 2. The van der Waals surface area contributed by atoms with E-state index in [0.717, 1.165) is 13.2 Å². The number of carbonyl (C=O) groups excluding carboxylic acids is 1. The largest absolute Gasteiger partial charge is 0.380 e. The molecule has 0 aromatic carbocycles. The molecule has 1 atom stereocenters. The molecule has 96 valence electrons. The van der Waals surface area contributed by atoms with Crippen LogP contribution >= 0.6 is 0 Å². The summed E-state index contributed by atoms with van der Waals surface area (Å²) in [6.45, 7) is 11.1. The zero-order valence-electron chi connectivity index (χ0n) is 11.0. The molecule has 0 aliphatic carbocycles. The van der Waals surface area contributed by atoms with Gasteiger partial charge in [-0.15, -0.1) is 0 Å². The lowest BCUT2D eigenvalue weighted by Gasteiger charge is -2.13. The van der Waals surface area contributed by atoms with Gasteiger partial charge >= 0.3 is 0 Å². The molecule has 0 bridgehead atoms. The van der Waals surface area contributed by atoms with Gasteiger partial charge in [0.15, 0.2) is 0 Å². The van der Waals surface area contributed by atoms with Crippen molar-refractivity contribution in [1.82, 2.24) is 10.6 Å². The van der Waals surface area contributed by atoms with Crippen LogP contribution in [0.3, 0.4) is 0 Å². The van der Waals surface area contributed by atoms with E-state index in [0.29, 0.717) is 31.5 Å². The molecule has 0 aromatic heterocycles. The Morgan fingerprint density at radius 1 is 1.31 bits per heavy atom. The average Bonchev–Trinajstić information content (AvgIpc) is 2.23. The van der Waals surface area contributed by atoms with Gasteiger partial charge in [-0.2, -0.15) is 0 Å². The molecule has 2 N–H and O–H groups in total. The molecule has 16 heavy (non-hydrogen) atoms. The molecule has 0 aromatic rings.